The maximum absolute atomic E-state index is 12.3. The molecule has 25 heavy (non-hydrogen) atoms. The normalized spacial score (nSPS) is 20.7. The van der Waals surface area contributed by atoms with Crippen molar-refractivity contribution in [1.29, 1.82) is 0 Å². The molecule has 0 spiro atoms. The monoisotopic (exact) mass is 346 g/mol. The van der Waals surface area contributed by atoms with Gasteiger partial charge < -0.3 is 9.47 Å². The third-order valence-electron chi connectivity index (χ3n) is 4.26. The number of rotatable bonds is 6. The third kappa shape index (κ3) is 5.02. The first-order valence-electron chi connectivity index (χ1n) is 8.14. The van der Waals surface area contributed by atoms with Gasteiger partial charge in [-0.05, 0) is 39.3 Å². The molecule has 2 atom stereocenters. The van der Waals surface area contributed by atoms with E-state index in [1.807, 2.05) is 26.8 Å². The molecule has 1 aliphatic carbocycles. The molecule has 0 fully saturated rings. The summed E-state index contributed by atoms with van der Waals surface area (Å²) in [7, 11) is 0. The van der Waals surface area contributed by atoms with Crippen molar-refractivity contribution in [2.24, 2.45) is 5.41 Å². The van der Waals surface area contributed by atoms with Crippen LogP contribution in [0.4, 0.5) is 0 Å². The highest BCUT2D eigenvalue weighted by Crippen LogP contribution is 2.34. The van der Waals surface area contributed by atoms with Gasteiger partial charge in [-0.2, -0.15) is 0 Å². The molecular weight excluding hydrogens is 320 g/mol. The average Bonchev–Trinajstić information content (AvgIpc) is 2.54. The van der Waals surface area contributed by atoms with Crippen LogP contribution in [-0.4, -0.2) is 30.4 Å². The van der Waals surface area contributed by atoms with E-state index >= 15 is 0 Å². The van der Waals surface area contributed by atoms with Crippen molar-refractivity contribution in [3.8, 4) is 0 Å². The third-order valence-corrected chi connectivity index (χ3v) is 4.26. The summed E-state index contributed by atoms with van der Waals surface area (Å²) in [6.45, 7) is 14.2. The van der Waals surface area contributed by atoms with E-state index in [1.54, 1.807) is 32.9 Å². The standard InChI is InChI=1S/C20H26O5/c1-8-12(2)18(22)24-15(5)14(4)19(23)25-17-9-16(11-21)20(6,7)10-13(17)3/h8-11,15,17H,4H2,1-3,5-7H3/b12-8-/t15-,17+/m0/s1. The van der Waals surface area contributed by atoms with E-state index in [1.165, 1.54) is 0 Å². The Morgan fingerprint density at radius 2 is 1.92 bits per heavy atom. The van der Waals surface area contributed by atoms with Gasteiger partial charge in [-0.25, -0.2) is 9.59 Å². The number of carbonyl (C=O) groups excluding carboxylic acids is 3. The van der Waals surface area contributed by atoms with Crippen molar-refractivity contribution in [1.82, 2.24) is 0 Å². The highest BCUT2D eigenvalue weighted by Gasteiger charge is 2.30. The minimum absolute atomic E-state index is 0.0379. The summed E-state index contributed by atoms with van der Waals surface area (Å²) < 4.78 is 10.6. The van der Waals surface area contributed by atoms with Crippen LogP contribution in [0.1, 0.15) is 41.5 Å². The van der Waals surface area contributed by atoms with Crippen LogP contribution in [0.15, 0.2) is 47.1 Å². The predicted octanol–water partition coefficient (Wildman–Crippen LogP) is 3.46. The van der Waals surface area contributed by atoms with Gasteiger partial charge in [0.15, 0.2) is 0 Å². The first kappa shape index (κ1) is 20.6. The molecular formula is C20H26O5. The lowest BCUT2D eigenvalue weighted by Crippen LogP contribution is -2.29. The fraction of sp³-hybridized carbons (Fsp3) is 0.450. The summed E-state index contributed by atoms with van der Waals surface area (Å²) in [5, 5.41) is 0. The predicted molar refractivity (Wildman–Crippen MR) is 95.7 cm³/mol. The lowest BCUT2D eigenvalue weighted by atomic mass is 9.78. The van der Waals surface area contributed by atoms with Crippen LogP contribution >= 0.6 is 0 Å². The van der Waals surface area contributed by atoms with E-state index in [0.717, 1.165) is 11.9 Å². The van der Waals surface area contributed by atoms with Gasteiger partial charge in [0.2, 0.25) is 0 Å². The first-order valence-corrected chi connectivity index (χ1v) is 8.14. The fourth-order valence-electron chi connectivity index (χ4n) is 2.36. The van der Waals surface area contributed by atoms with Crippen molar-refractivity contribution < 1.29 is 23.9 Å². The van der Waals surface area contributed by atoms with Crippen LogP contribution in [0, 0.1) is 5.41 Å². The van der Waals surface area contributed by atoms with Gasteiger partial charge >= 0.3 is 11.9 Å². The number of ether oxygens (including phenoxy) is 2. The van der Waals surface area contributed by atoms with Crippen LogP contribution < -0.4 is 0 Å². The van der Waals surface area contributed by atoms with Crippen LogP contribution in [0.2, 0.25) is 0 Å². The highest BCUT2D eigenvalue weighted by molar-refractivity contribution is 5.92. The Balaban J connectivity index is 2.81. The van der Waals surface area contributed by atoms with Crippen LogP contribution in [0.5, 0.6) is 0 Å². The first-order chi connectivity index (χ1) is 11.5. The molecule has 1 aliphatic rings. The lowest BCUT2D eigenvalue weighted by molar-refractivity contribution is -0.146. The van der Waals surface area contributed by atoms with E-state index in [-0.39, 0.29) is 5.57 Å². The summed E-state index contributed by atoms with van der Waals surface area (Å²) >= 11 is 0. The maximum Gasteiger partial charge on any atom is 0.338 e. The Morgan fingerprint density at radius 1 is 1.32 bits per heavy atom. The van der Waals surface area contributed by atoms with Gasteiger partial charge in [-0.3, -0.25) is 4.79 Å². The maximum atomic E-state index is 12.3. The molecule has 0 aromatic heterocycles. The molecule has 0 radical (unpaired) electrons. The van der Waals surface area contributed by atoms with Gasteiger partial charge in [0, 0.05) is 16.6 Å². The molecule has 136 valence electrons. The molecule has 5 nitrogen and oxygen atoms in total. The number of allylic oxidation sites excluding steroid dienone is 3. The Labute approximate surface area is 149 Å². The zero-order valence-electron chi connectivity index (χ0n) is 15.7. The quantitative estimate of drug-likeness (QED) is 0.319. The number of hydrogen-bond donors (Lipinski definition) is 0. The van der Waals surface area contributed by atoms with E-state index < -0.39 is 29.6 Å². The molecule has 0 aromatic carbocycles. The molecule has 5 heteroatoms. The highest BCUT2D eigenvalue weighted by atomic mass is 16.6. The van der Waals surface area contributed by atoms with E-state index in [2.05, 4.69) is 6.58 Å². The largest absolute Gasteiger partial charge is 0.454 e. The molecule has 0 unspecified atom stereocenters. The number of aldehydes is 1. The molecule has 0 bridgehead atoms. The van der Waals surface area contributed by atoms with E-state index in [0.29, 0.717) is 11.1 Å². The van der Waals surface area contributed by atoms with E-state index in [9.17, 15) is 14.4 Å². The minimum Gasteiger partial charge on any atom is -0.454 e. The minimum atomic E-state index is -0.811. The molecule has 0 saturated heterocycles. The molecule has 0 aliphatic heterocycles. The summed E-state index contributed by atoms with van der Waals surface area (Å²) in [6.07, 6.45) is 4.47. The SMILES string of the molecule is C=C(C(=O)O[C@@H]1C=C(C=O)C(C)(C)C=C1C)[C@H](C)OC(=O)/C(C)=C\C. The van der Waals surface area contributed by atoms with Gasteiger partial charge in [-0.1, -0.05) is 32.6 Å². The molecule has 1 rings (SSSR count). The molecule has 0 amide bonds. The number of hydrogen-bond acceptors (Lipinski definition) is 5. The van der Waals surface area contributed by atoms with Gasteiger partial charge in [0.05, 0.1) is 5.57 Å². The van der Waals surface area contributed by atoms with E-state index in [4.69, 9.17) is 9.47 Å². The zero-order valence-corrected chi connectivity index (χ0v) is 15.7. The summed E-state index contributed by atoms with van der Waals surface area (Å²) in [4.78, 5) is 35.3. The smallest absolute Gasteiger partial charge is 0.338 e. The molecule has 0 saturated carbocycles. The van der Waals surface area contributed by atoms with Crippen molar-refractivity contribution in [2.75, 3.05) is 0 Å². The lowest BCUT2D eigenvalue weighted by Gasteiger charge is -2.30. The zero-order chi connectivity index (χ0) is 19.4. The topological polar surface area (TPSA) is 69.7 Å². The van der Waals surface area contributed by atoms with Crippen molar-refractivity contribution in [2.45, 2.75) is 53.8 Å². The second-order valence-electron chi connectivity index (χ2n) is 6.72. The van der Waals surface area contributed by atoms with Crippen LogP contribution in [-0.2, 0) is 23.9 Å². The molecule has 0 aromatic rings. The number of esters is 2. The second-order valence-corrected chi connectivity index (χ2v) is 6.72. The van der Waals surface area contributed by atoms with Crippen LogP contribution in [0.25, 0.3) is 0 Å². The summed E-state index contributed by atoms with van der Waals surface area (Å²) in [6, 6.07) is 0. The summed E-state index contributed by atoms with van der Waals surface area (Å²) in [5.41, 5.74) is 1.45. The Kier molecular flexibility index (Phi) is 6.68. The van der Waals surface area contributed by atoms with Gasteiger partial charge in [-0.15, -0.1) is 0 Å². The second kappa shape index (κ2) is 8.10. The van der Waals surface area contributed by atoms with Gasteiger partial charge in [0.1, 0.15) is 18.5 Å². The Bertz CT molecular complexity index is 676. The molecule has 0 N–H and O–H groups in total. The Hall–Kier alpha value is -2.43. The van der Waals surface area contributed by atoms with Crippen LogP contribution in [0.3, 0.4) is 0 Å². The number of carbonyl (C=O) groups is 3. The summed E-state index contributed by atoms with van der Waals surface area (Å²) in [5.74, 6) is -1.18. The fourth-order valence-corrected chi connectivity index (χ4v) is 2.36. The van der Waals surface area contributed by atoms with Crippen molar-refractivity contribution in [3.05, 3.63) is 47.1 Å². The van der Waals surface area contributed by atoms with Gasteiger partial charge in [0.25, 0.3) is 0 Å². The average molecular weight is 346 g/mol. The Morgan fingerprint density at radius 3 is 2.44 bits per heavy atom. The van der Waals surface area contributed by atoms with Crippen molar-refractivity contribution in [3.63, 3.8) is 0 Å². The van der Waals surface area contributed by atoms with Crippen molar-refractivity contribution >= 4 is 18.2 Å². The molecule has 0 heterocycles.